The van der Waals surface area contributed by atoms with E-state index in [1.165, 1.54) is 5.56 Å². The van der Waals surface area contributed by atoms with E-state index in [9.17, 15) is 4.79 Å². The standard InChI is InChI=1S/C16H21ClN2O/c17-13-3-1-12(2-4-13)5-8-19-15(20)14-11-16(14)6-9-18-10-7-16/h1-4,14,18H,5-11H2,(H,19,20). The van der Waals surface area contributed by atoms with Crippen molar-refractivity contribution in [1.29, 1.82) is 0 Å². The highest BCUT2D eigenvalue weighted by Gasteiger charge is 2.57. The number of halogens is 1. The third-order valence-corrected chi connectivity index (χ3v) is 4.98. The molecule has 20 heavy (non-hydrogen) atoms. The van der Waals surface area contributed by atoms with Crippen LogP contribution in [0.15, 0.2) is 24.3 Å². The number of piperidine rings is 1. The number of hydrogen-bond acceptors (Lipinski definition) is 2. The molecule has 1 aliphatic carbocycles. The fourth-order valence-electron chi connectivity index (χ4n) is 3.30. The van der Waals surface area contributed by atoms with Crippen molar-refractivity contribution >= 4 is 17.5 Å². The first kappa shape index (κ1) is 13.9. The predicted octanol–water partition coefficient (Wildman–Crippen LogP) is 2.39. The summed E-state index contributed by atoms with van der Waals surface area (Å²) in [5.41, 5.74) is 1.54. The molecule has 1 aromatic rings. The Labute approximate surface area is 125 Å². The van der Waals surface area contributed by atoms with E-state index >= 15 is 0 Å². The van der Waals surface area contributed by atoms with E-state index in [1.807, 2.05) is 24.3 Å². The lowest BCUT2D eigenvalue weighted by Gasteiger charge is -2.23. The SMILES string of the molecule is O=C(NCCc1ccc(Cl)cc1)C1CC12CCNCC2. The highest BCUT2D eigenvalue weighted by molar-refractivity contribution is 6.30. The van der Waals surface area contributed by atoms with Crippen molar-refractivity contribution in [3.63, 3.8) is 0 Å². The zero-order valence-corrected chi connectivity index (χ0v) is 12.4. The average molecular weight is 293 g/mol. The van der Waals surface area contributed by atoms with Crippen molar-refractivity contribution in [2.75, 3.05) is 19.6 Å². The molecule has 1 amide bonds. The second-order valence-electron chi connectivity index (χ2n) is 6.04. The predicted molar refractivity (Wildman–Crippen MR) is 80.8 cm³/mol. The summed E-state index contributed by atoms with van der Waals surface area (Å²) in [6.45, 7) is 2.84. The molecule has 1 unspecified atom stereocenters. The van der Waals surface area contributed by atoms with E-state index in [2.05, 4.69) is 10.6 Å². The van der Waals surface area contributed by atoms with E-state index in [0.717, 1.165) is 43.8 Å². The molecule has 3 rings (SSSR count). The Kier molecular flexibility index (Phi) is 3.99. The third kappa shape index (κ3) is 2.99. The molecule has 0 aromatic heterocycles. The first-order valence-electron chi connectivity index (χ1n) is 7.42. The minimum atomic E-state index is 0.251. The highest BCUT2D eigenvalue weighted by atomic mass is 35.5. The van der Waals surface area contributed by atoms with E-state index in [0.29, 0.717) is 12.0 Å². The van der Waals surface area contributed by atoms with Crippen LogP contribution in [0.5, 0.6) is 0 Å². The summed E-state index contributed by atoms with van der Waals surface area (Å²) in [5.74, 6) is 0.510. The van der Waals surface area contributed by atoms with Crippen LogP contribution in [-0.4, -0.2) is 25.5 Å². The van der Waals surface area contributed by atoms with Crippen LogP contribution in [0.25, 0.3) is 0 Å². The van der Waals surface area contributed by atoms with Gasteiger partial charge in [-0.1, -0.05) is 23.7 Å². The van der Waals surface area contributed by atoms with Crippen LogP contribution in [0, 0.1) is 11.3 Å². The van der Waals surface area contributed by atoms with E-state index in [4.69, 9.17) is 11.6 Å². The molecular weight excluding hydrogens is 272 g/mol. The Morgan fingerprint density at radius 2 is 2.00 bits per heavy atom. The van der Waals surface area contributed by atoms with Gasteiger partial charge < -0.3 is 10.6 Å². The van der Waals surface area contributed by atoms with Gasteiger partial charge in [-0.3, -0.25) is 4.79 Å². The minimum Gasteiger partial charge on any atom is -0.356 e. The first-order valence-corrected chi connectivity index (χ1v) is 7.80. The van der Waals surface area contributed by atoms with Crippen LogP contribution in [0.1, 0.15) is 24.8 Å². The van der Waals surface area contributed by atoms with Crippen molar-refractivity contribution < 1.29 is 4.79 Å². The van der Waals surface area contributed by atoms with Crippen LogP contribution in [0.2, 0.25) is 5.02 Å². The Morgan fingerprint density at radius 1 is 1.30 bits per heavy atom. The fraction of sp³-hybridized carbons (Fsp3) is 0.562. The van der Waals surface area contributed by atoms with Gasteiger partial charge in [0, 0.05) is 17.5 Å². The molecule has 2 fully saturated rings. The lowest BCUT2D eigenvalue weighted by Crippen LogP contribution is -2.34. The third-order valence-electron chi connectivity index (χ3n) is 4.73. The van der Waals surface area contributed by atoms with Gasteiger partial charge in [0.05, 0.1) is 0 Å². The molecule has 2 aliphatic rings. The zero-order chi connectivity index (χ0) is 14.0. The largest absolute Gasteiger partial charge is 0.356 e. The monoisotopic (exact) mass is 292 g/mol. The van der Waals surface area contributed by atoms with Gasteiger partial charge in [0.15, 0.2) is 0 Å². The number of nitrogens with one attached hydrogen (secondary N) is 2. The van der Waals surface area contributed by atoms with Gasteiger partial charge in [-0.15, -0.1) is 0 Å². The molecule has 0 bridgehead atoms. The second-order valence-corrected chi connectivity index (χ2v) is 6.47. The van der Waals surface area contributed by atoms with Gasteiger partial charge in [-0.05, 0) is 61.9 Å². The average Bonchev–Trinajstić information content (AvgIpc) is 3.15. The summed E-state index contributed by atoms with van der Waals surface area (Å²) < 4.78 is 0. The molecule has 1 aliphatic heterocycles. The number of amides is 1. The molecule has 1 atom stereocenters. The number of rotatable bonds is 4. The minimum absolute atomic E-state index is 0.251. The number of benzene rings is 1. The number of carbonyl (C=O) groups is 1. The summed E-state index contributed by atoms with van der Waals surface area (Å²) >= 11 is 5.85. The van der Waals surface area contributed by atoms with Crippen LogP contribution in [0.3, 0.4) is 0 Å². The molecule has 1 saturated heterocycles. The van der Waals surface area contributed by atoms with E-state index in [-0.39, 0.29) is 11.8 Å². The lowest BCUT2D eigenvalue weighted by molar-refractivity contribution is -0.123. The molecule has 1 saturated carbocycles. The lowest BCUT2D eigenvalue weighted by atomic mass is 9.92. The fourth-order valence-corrected chi connectivity index (χ4v) is 3.43. The Balaban J connectivity index is 1.43. The summed E-state index contributed by atoms with van der Waals surface area (Å²) in [4.78, 5) is 12.2. The summed E-state index contributed by atoms with van der Waals surface area (Å²) in [6.07, 6.45) is 4.26. The van der Waals surface area contributed by atoms with Crippen molar-refractivity contribution in [3.05, 3.63) is 34.9 Å². The molecule has 1 aromatic carbocycles. The Bertz CT molecular complexity index is 480. The van der Waals surface area contributed by atoms with E-state index < -0.39 is 0 Å². The van der Waals surface area contributed by atoms with Crippen LogP contribution in [0.4, 0.5) is 0 Å². The van der Waals surface area contributed by atoms with Crippen LogP contribution < -0.4 is 10.6 Å². The maximum Gasteiger partial charge on any atom is 0.223 e. The number of hydrogen-bond donors (Lipinski definition) is 2. The number of carbonyl (C=O) groups excluding carboxylic acids is 1. The molecular formula is C16H21ClN2O. The highest BCUT2D eigenvalue weighted by Crippen LogP contribution is 2.58. The van der Waals surface area contributed by atoms with Gasteiger partial charge in [-0.25, -0.2) is 0 Å². The Morgan fingerprint density at radius 3 is 2.70 bits per heavy atom. The normalized spacial score (nSPS) is 23.6. The van der Waals surface area contributed by atoms with Gasteiger partial charge >= 0.3 is 0 Å². The first-order chi connectivity index (χ1) is 9.70. The van der Waals surface area contributed by atoms with Crippen LogP contribution in [-0.2, 0) is 11.2 Å². The molecule has 4 heteroatoms. The van der Waals surface area contributed by atoms with Gasteiger partial charge in [0.1, 0.15) is 0 Å². The molecule has 1 heterocycles. The van der Waals surface area contributed by atoms with Crippen LogP contribution >= 0.6 is 11.6 Å². The summed E-state index contributed by atoms with van der Waals surface area (Å²) in [6, 6.07) is 7.81. The quantitative estimate of drug-likeness (QED) is 0.895. The van der Waals surface area contributed by atoms with Crippen molar-refractivity contribution in [1.82, 2.24) is 10.6 Å². The van der Waals surface area contributed by atoms with Crippen molar-refractivity contribution in [2.45, 2.75) is 25.7 Å². The molecule has 2 N–H and O–H groups in total. The maximum atomic E-state index is 12.2. The Hall–Kier alpha value is -1.06. The smallest absolute Gasteiger partial charge is 0.223 e. The van der Waals surface area contributed by atoms with E-state index in [1.54, 1.807) is 0 Å². The van der Waals surface area contributed by atoms with Crippen molar-refractivity contribution in [3.8, 4) is 0 Å². The second kappa shape index (κ2) is 5.74. The van der Waals surface area contributed by atoms with Crippen molar-refractivity contribution in [2.24, 2.45) is 11.3 Å². The molecule has 3 nitrogen and oxygen atoms in total. The zero-order valence-electron chi connectivity index (χ0n) is 11.6. The molecule has 0 radical (unpaired) electrons. The molecule has 108 valence electrons. The topological polar surface area (TPSA) is 41.1 Å². The van der Waals surface area contributed by atoms with Gasteiger partial charge in [0.25, 0.3) is 0 Å². The summed E-state index contributed by atoms with van der Waals surface area (Å²) in [5, 5.41) is 7.21. The van der Waals surface area contributed by atoms with Gasteiger partial charge in [-0.2, -0.15) is 0 Å². The molecule has 1 spiro atoms. The maximum absolute atomic E-state index is 12.2. The van der Waals surface area contributed by atoms with Gasteiger partial charge in [0.2, 0.25) is 5.91 Å². The summed E-state index contributed by atoms with van der Waals surface area (Å²) in [7, 11) is 0.